The average Bonchev–Trinajstić information content (AvgIpc) is 2.04. The monoisotopic (exact) mass is 173 g/mol. The number of hydrogen-bond donors (Lipinski definition) is 2. The molecule has 3 heteroatoms. The van der Waals surface area contributed by atoms with Gasteiger partial charge in [0.25, 0.3) is 0 Å². The van der Waals surface area contributed by atoms with Crippen molar-refractivity contribution in [3.05, 3.63) is 0 Å². The van der Waals surface area contributed by atoms with E-state index in [2.05, 4.69) is 12.2 Å². The van der Waals surface area contributed by atoms with E-state index < -0.39 is 5.97 Å². The molecular weight excluding hydrogens is 154 g/mol. The number of nitrogens with one attached hydrogen (secondary N) is 1. The van der Waals surface area contributed by atoms with E-state index in [9.17, 15) is 4.79 Å². The van der Waals surface area contributed by atoms with Crippen LogP contribution in [0.3, 0.4) is 0 Å². The van der Waals surface area contributed by atoms with E-state index >= 15 is 0 Å². The maximum atomic E-state index is 10.6. The summed E-state index contributed by atoms with van der Waals surface area (Å²) in [6, 6.07) is 0. The van der Waals surface area contributed by atoms with Crippen LogP contribution in [0.4, 0.5) is 0 Å². The van der Waals surface area contributed by atoms with E-state index in [0.29, 0.717) is 0 Å². The highest BCUT2D eigenvalue weighted by Gasteiger charge is 2.13. The normalized spacial score (nSPS) is 12.8. The Morgan fingerprint density at radius 3 is 2.50 bits per heavy atom. The van der Waals surface area contributed by atoms with Gasteiger partial charge in [0.05, 0.1) is 5.92 Å². The lowest BCUT2D eigenvalue weighted by Gasteiger charge is -2.09. The van der Waals surface area contributed by atoms with Crippen LogP contribution in [0.5, 0.6) is 0 Å². The molecule has 12 heavy (non-hydrogen) atoms. The second-order valence-corrected chi connectivity index (χ2v) is 2.98. The summed E-state index contributed by atoms with van der Waals surface area (Å²) in [5.41, 5.74) is 0. The smallest absolute Gasteiger partial charge is 0.306 e. The molecule has 0 heterocycles. The van der Waals surface area contributed by atoms with E-state index in [-0.39, 0.29) is 5.92 Å². The van der Waals surface area contributed by atoms with Crippen LogP contribution in [0.25, 0.3) is 0 Å². The first-order valence-electron chi connectivity index (χ1n) is 4.65. The molecule has 0 spiro atoms. The SMILES string of the molecule is CCCNCCC(CC)C(=O)O. The van der Waals surface area contributed by atoms with Crippen molar-refractivity contribution in [1.29, 1.82) is 0 Å². The fraction of sp³-hybridized carbons (Fsp3) is 0.889. The van der Waals surface area contributed by atoms with Crippen molar-refractivity contribution < 1.29 is 9.90 Å². The molecule has 0 amide bonds. The highest BCUT2D eigenvalue weighted by atomic mass is 16.4. The molecule has 0 aliphatic heterocycles. The second-order valence-electron chi connectivity index (χ2n) is 2.98. The Morgan fingerprint density at radius 1 is 1.42 bits per heavy atom. The van der Waals surface area contributed by atoms with E-state index in [4.69, 9.17) is 5.11 Å². The highest BCUT2D eigenvalue weighted by molar-refractivity contribution is 5.69. The van der Waals surface area contributed by atoms with Gasteiger partial charge in [0.15, 0.2) is 0 Å². The lowest BCUT2D eigenvalue weighted by atomic mass is 10.0. The molecule has 72 valence electrons. The van der Waals surface area contributed by atoms with Gasteiger partial charge in [-0.1, -0.05) is 13.8 Å². The van der Waals surface area contributed by atoms with Crippen LogP contribution in [0, 0.1) is 5.92 Å². The topological polar surface area (TPSA) is 49.3 Å². The Bertz CT molecular complexity index is 126. The van der Waals surface area contributed by atoms with E-state index in [0.717, 1.165) is 32.4 Å². The Kier molecular flexibility index (Phi) is 6.76. The Labute approximate surface area is 74.2 Å². The summed E-state index contributed by atoms with van der Waals surface area (Å²) in [6.07, 6.45) is 2.57. The van der Waals surface area contributed by atoms with Crippen molar-refractivity contribution in [3.8, 4) is 0 Å². The molecule has 2 N–H and O–H groups in total. The maximum Gasteiger partial charge on any atom is 0.306 e. The zero-order valence-corrected chi connectivity index (χ0v) is 7.97. The van der Waals surface area contributed by atoms with E-state index in [1.165, 1.54) is 0 Å². The number of hydrogen-bond acceptors (Lipinski definition) is 2. The summed E-state index contributed by atoms with van der Waals surface area (Å²) in [5.74, 6) is -0.842. The van der Waals surface area contributed by atoms with Crippen molar-refractivity contribution in [3.63, 3.8) is 0 Å². The standard InChI is InChI=1S/C9H19NO2/c1-3-6-10-7-5-8(4-2)9(11)12/h8,10H,3-7H2,1-2H3,(H,11,12). The van der Waals surface area contributed by atoms with Crippen LogP contribution in [0.2, 0.25) is 0 Å². The van der Waals surface area contributed by atoms with Gasteiger partial charge < -0.3 is 10.4 Å². The molecule has 0 rings (SSSR count). The number of aliphatic carboxylic acids is 1. The van der Waals surface area contributed by atoms with Gasteiger partial charge in [-0.2, -0.15) is 0 Å². The fourth-order valence-electron chi connectivity index (χ4n) is 1.08. The lowest BCUT2D eigenvalue weighted by molar-refractivity contribution is -0.142. The molecule has 1 atom stereocenters. The molecule has 0 aromatic carbocycles. The molecule has 0 bridgehead atoms. The maximum absolute atomic E-state index is 10.6. The number of carbonyl (C=O) groups is 1. The molecule has 0 aliphatic rings. The van der Waals surface area contributed by atoms with E-state index in [1.54, 1.807) is 0 Å². The zero-order chi connectivity index (χ0) is 9.40. The predicted molar refractivity (Wildman–Crippen MR) is 49.2 cm³/mol. The van der Waals surface area contributed by atoms with Gasteiger partial charge in [-0.25, -0.2) is 0 Å². The lowest BCUT2D eigenvalue weighted by Crippen LogP contribution is -2.22. The van der Waals surface area contributed by atoms with Crippen LogP contribution in [-0.4, -0.2) is 24.2 Å². The van der Waals surface area contributed by atoms with Crippen LogP contribution >= 0.6 is 0 Å². The molecule has 0 saturated heterocycles. The van der Waals surface area contributed by atoms with Gasteiger partial charge in [-0.05, 0) is 32.4 Å². The van der Waals surface area contributed by atoms with Crippen molar-refractivity contribution >= 4 is 5.97 Å². The third kappa shape index (κ3) is 5.13. The Morgan fingerprint density at radius 2 is 2.08 bits per heavy atom. The molecule has 0 aromatic heterocycles. The minimum absolute atomic E-state index is 0.172. The first-order chi connectivity index (χ1) is 5.72. The minimum atomic E-state index is -0.671. The van der Waals surface area contributed by atoms with Gasteiger partial charge in [0, 0.05) is 0 Å². The quantitative estimate of drug-likeness (QED) is 0.573. The number of carboxylic acid groups (broad SMARTS) is 1. The van der Waals surface area contributed by atoms with Crippen molar-refractivity contribution in [2.75, 3.05) is 13.1 Å². The summed E-state index contributed by atoms with van der Waals surface area (Å²) in [7, 11) is 0. The van der Waals surface area contributed by atoms with Gasteiger partial charge in [-0.3, -0.25) is 4.79 Å². The second kappa shape index (κ2) is 7.10. The summed E-state index contributed by atoms with van der Waals surface area (Å²) >= 11 is 0. The van der Waals surface area contributed by atoms with Crippen molar-refractivity contribution in [1.82, 2.24) is 5.32 Å². The average molecular weight is 173 g/mol. The Balaban J connectivity index is 3.38. The third-order valence-electron chi connectivity index (χ3n) is 1.94. The summed E-state index contributed by atoms with van der Waals surface area (Å²) in [4.78, 5) is 10.6. The fourth-order valence-corrected chi connectivity index (χ4v) is 1.08. The summed E-state index contributed by atoms with van der Waals surface area (Å²) in [6.45, 7) is 5.81. The third-order valence-corrected chi connectivity index (χ3v) is 1.94. The highest BCUT2D eigenvalue weighted by Crippen LogP contribution is 2.06. The molecule has 0 fully saturated rings. The molecule has 0 aliphatic carbocycles. The first-order valence-corrected chi connectivity index (χ1v) is 4.65. The van der Waals surface area contributed by atoms with Crippen molar-refractivity contribution in [2.24, 2.45) is 5.92 Å². The minimum Gasteiger partial charge on any atom is -0.481 e. The van der Waals surface area contributed by atoms with Crippen LogP contribution in [-0.2, 0) is 4.79 Å². The van der Waals surface area contributed by atoms with E-state index in [1.807, 2.05) is 6.92 Å². The number of carboxylic acids is 1. The summed E-state index contributed by atoms with van der Waals surface area (Å²) < 4.78 is 0. The zero-order valence-electron chi connectivity index (χ0n) is 7.97. The Hall–Kier alpha value is -0.570. The molecule has 0 radical (unpaired) electrons. The predicted octanol–water partition coefficient (Wildman–Crippen LogP) is 1.49. The largest absolute Gasteiger partial charge is 0.481 e. The van der Waals surface area contributed by atoms with Gasteiger partial charge in [0.1, 0.15) is 0 Å². The molecule has 1 unspecified atom stereocenters. The first kappa shape index (κ1) is 11.4. The van der Waals surface area contributed by atoms with Crippen molar-refractivity contribution in [2.45, 2.75) is 33.1 Å². The van der Waals surface area contributed by atoms with Crippen LogP contribution in [0.15, 0.2) is 0 Å². The van der Waals surface area contributed by atoms with Gasteiger partial charge in [0.2, 0.25) is 0 Å². The van der Waals surface area contributed by atoms with Gasteiger partial charge >= 0.3 is 5.97 Å². The van der Waals surface area contributed by atoms with Crippen LogP contribution in [0.1, 0.15) is 33.1 Å². The molecule has 3 nitrogen and oxygen atoms in total. The molecule has 0 aromatic rings. The molecular formula is C9H19NO2. The van der Waals surface area contributed by atoms with Gasteiger partial charge in [-0.15, -0.1) is 0 Å². The number of rotatable bonds is 7. The van der Waals surface area contributed by atoms with Crippen LogP contribution < -0.4 is 5.32 Å². The molecule has 0 saturated carbocycles. The summed E-state index contributed by atoms with van der Waals surface area (Å²) in [5, 5.41) is 11.9.